The number of halogens is 1. The SMILES string of the molecule is CC(C)(CNC(=O)CCc1ncc(-c2ccccc2Cl)o1)C(=O)O. The van der Waals surface area contributed by atoms with E-state index in [1.807, 2.05) is 18.2 Å². The highest BCUT2D eigenvalue weighted by Gasteiger charge is 2.27. The molecule has 1 aromatic heterocycles. The molecular weight excluding hydrogens is 332 g/mol. The first-order valence-electron chi connectivity index (χ1n) is 7.49. The van der Waals surface area contributed by atoms with Crippen LogP contribution in [0.3, 0.4) is 0 Å². The van der Waals surface area contributed by atoms with E-state index in [1.54, 1.807) is 26.1 Å². The minimum atomic E-state index is -1.00. The zero-order valence-electron chi connectivity index (χ0n) is 13.5. The summed E-state index contributed by atoms with van der Waals surface area (Å²) in [6.45, 7) is 3.18. The summed E-state index contributed by atoms with van der Waals surface area (Å²) < 4.78 is 5.61. The number of nitrogens with zero attached hydrogens (tertiary/aromatic N) is 1. The lowest BCUT2D eigenvalue weighted by Gasteiger charge is -2.19. The average Bonchev–Trinajstić information content (AvgIpc) is 3.00. The molecule has 24 heavy (non-hydrogen) atoms. The highest BCUT2D eigenvalue weighted by molar-refractivity contribution is 6.33. The zero-order chi connectivity index (χ0) is 17.7. The molecule has 1 heterocycles. The van der Waals surface area contributed by atoms with Crippen molar-refractivity contribution in [3.8, 4) is 11.3 Å². The van der Waals surface area contributed by atoms with Crippen LogP contribution in [0, 0.1) is 5.41 Å². The molecule has 0 aliphatic carbocycles. The number of rotatable bonds is 7. The van der Waals surface area contributed by atoms with Crippen LogP contribution in [-0.4, -0.2) is 28.5 Å². The Hall–Kier alpha value is -2.34. The van der Waals surface area contributed by atoms with Crippen LogP contribution in [0.1, 0.15) is 26.2 Å². The van der Waals surface area contributed by atoms with E-state index in [0.29, 0.717) is 23.1 Å². The van der Waals surface area contributed by atoms with Crippen molar-refractivity contribution in [1.82, 2.24) is 10.3 Å². The maximum atomic E-state index is 11.8. The molecule has 0 aliphatic rings. The summed E-state index contributed by atoms with van der Waals surface area (Å²) in [4.78, 5) is 27.0. The number of oxazole rings is 1. The largest absolute Gasteiger partial charge is 0.481 e. The van der Waals surface area contributed by atoms with E-state index in [4.69, 9.17) is 21.1 Å². The topological polar surface area (TPSA) is 92.4 Å². The number of aromatic nitrogens is 1. The second-order valence-electron chi connectivity index (χ2n) is 6.06. The van der Waals surface area contributed by atoms with E-state index in [0.717, 1.165) is 5.56 Å². The molecule has 0 fully saturated rings. The molecule has 6 nitrogen and oxygen atoms in total. The summed E-state index contributed by atoms with van der Waals surface area (Å²) in [5.41, 5.74) is -0.263. The van der Waals surface area contributed by atoms with Gasteiger partial charge in [-0.1, -0.05) is 23.7 Å². The van der Waals surface area contributed by atoms with Gasteiger partial charge in [0.05, 0.1) is 16.6 Å². The molecule has 0 radical (unpaired) electrons. The van der Waals surface area contributed by atoms with Crippen LogP contribution in [0.4, 0.5) is 0 Å². The fourth-order valence-corrected chi connectivity index (χ4v) is 2.14. The van der Waals surface area contributed by atoms with Crippen molar-refractivity contribution in [3.05, 3.63) is 41.4 Å². The number of carboxylic acids is 1. The Balaban J connectivity index is 1.88. The molecule has 0 spiro atoms. The summed E-state index contributed by atoms with van der Waals surface area (Å²) in [6.07, 6.45) is 2.06. The monoisotopic (exact) mass is 350 g/mol. The van der Waals surface area contributed by atoms with Gasteiger partial charge in [-0.25, -0.2) is 4.98 Å². The van der Waals surface area contributed by atoms with Crippen molar-refractivity contribution in [2.45, 2.75) is 26.7 Å². The van der Waals surface area contributed by atoms with E-state index < -0.39 is 11.4 Å². The van der Waals surface area contributed by atoms with E-state index in [9.17, 15) is 9.59 Å². The lowest BCUT2D eigenvalue weighted by atomic mass is 9.94. The van der Waals surface area contributed by atoms with Gasteiger partial charge in [-0.05, 0) is 26.0 Å². The molecule has 2 aromatic rings. The second-order valence-corrected chi connectivity index (χ2v) is 6.47. The van der Waals surface area contributed by atoms with E-state index in [1.165, 1.54) is 0 Å². The third kappa shape index (κ3) is 4.58. The van der Waals surface area contributed by atoms with Crippen LogP contribution in [0.2, 0.25) is 5.02 Å². The van der Waals surface area contributed by atoms with Crippen molar-refractivity contribution in [3.63, 3.8) is 0 Å². The molecule has 0 unspecified atom stereocenters. The number of nitrogens with one attached hydrogen (secondary N) is 1. The predicted molar refractivity (Wildman–Crippen MR) is 89.7 cm³/mol. The molecule has 0 saturated heterocycles. The molecule has 0 aliphatic heterocycles. The molecule has 0 bridgehead atoms. The van der Waals surface area contributed by atoms with Crippen molar-refractivity contribution >= 4 is 23.5 Å². The molecule has 0 atom stereocenters. The Morgan fingerprint density at radius 2 is 2.04 bits per heavy atom. The van der Waals surface area contributed by atoms with Crippen molar-refractivity contribution < 1.29 is 19.1 Å². The van der Waals surface area contributed by atoms with E-state index >= 15 is 0 Å². The van der Waals surface area contributed by atoms with E-state index in [-0.39, 0.29) is 18.9 Å². The number of hydrogen-bond acceptors (Lipinski definition) is 4. The van der Waals surface area contributed by atoms with Gasteiger partial charge in [0.1, 0.15) is 0 Å². The van der Waals surface area contributed by atoms with Crippen LogP contribution in [-0.2, 0) is 16.0 Å². The van der Waals surface area contributed by atoms with Crippen molar-refractivity contribution in [1.29, 1.82) is 0 Å². The first-order chi connectivity index (χ1) is 11.3. The number of aryl methyl sites for hydroxylation is 1. The van der Waals surface area contributed by atoms with Crippen molar-refractivity contribution in [2.24, 2.45) is 5.41 Å². The Morgan fingerprint density at radius 3 is 2.71 bits per heavy atom. The first kappa shape index (κ1) is 18.0. The fraction of sp³-hybridized carbons (Fsp3) is 0.353. The van der Waals surface area contributed by atoms with Gasteiger partial charge in [-0.15, -0.1) is 0 Å². The van der Waals surface area contributed by atoms with Gasteiger partial charge in [0.2, 0.25) is 5.91 Å². The standard InChI is InChI=1S/C17H19ClN2O4/c1-17(2,16(22)23)10-20-14(21)7-8-15-19-9-13(24-15)11-5-3-4-6-12(11)18/h3-6,9H,7-8,10H2,1-2H3,(H,20,21)(H,22,23). The Morgan fingerprint density at radius 1 is 1.33 bits per heavy atom. The summed E-state index contributed by atoms with van der Waals surface area (Å²) >= 11 is 6.11. The first-order valence-corrected chi connectivity index (χ1v) is 7.87. The molecule has 1 amide bonds. The third-order valence-corrected chi connectivity index (χ3v) is 3.89. The van der Waals surface area contributed by atoms with Crippen molar-refractivity contribution in [2.75, 3.05) is 6.54 Å². The number of aliphatic carboxylic acids is 1. The van der Waals surface area contributed by atoms with Gasteiger partial charge in [0, 0.05) is 24.9 Å². The summed E-state index contributed by atoms with van der Waals surface area (Å²) in [7, 11) is 0. The lowest BCUT2D eigenvalue weighted by molar-refractivity contribution is -0.146. The minimum absolute atomic E-state index is 0.0671. The Kier molecular flexibility index (Phi) is 5.62. The zero-order valence-corrected chi connectivity index (χ0v) is 14.3. The quantitative estimate of drug-likeness (QED) is 0.800. The maximum absolute atomic E-state index is 11.8. The van der Waals surface area contributed by atoms with Gasteiger partial charge in [0.15, 0.2) is 11.7 Å². The van der Waals surface area contributed by atoms with Gasteiger partial charge in [-0.2, -0.15) is 0 Å². The number of carbonyl (C=O) groups excluding carboxylic acids is 1. The predicted octanol–water partition coefficient (Wildman–Crippen LogP) is 3.15. The van der Waals surface area contributed by atoms with Crippen LogP contribution >= 0.6 is 11.6 Å². The molecule has 2 rings (SSSR count). The Bertz CT molecular complexity index is 740. The average molecular weight is 351 g/mol. The summed E-state index contributed by atoms with van der Waals surface area (Å²) in [5.74, 6) is -0.234. The fourth-order valence-electron chi connectivity index (χ4n) is 1.92. The number of amides is 1. The molecule has 0 saturated carbocycles. The Labute approximate surface area is 144 Å². The van der Waals surface area contributed by atoms with Gasteiger partial charge < -0.3 is 14.8 Å². The molecule has 1 aromatic carbocycles. The lowest BCUT2D eigenvalue weighted by Crippen LogP contribution is -2.38. The van der Waals surface area contributed by atoms with Crippen LogP contribution in [0.25, 0.3) is 11.3 Å². The normalized spacial score (nSPS) is 11.3. The minimum Gasteiger partial charge on any atom is -0.481 e. The smallest absolute Gasteiger partial charge is 0.310 e. The molecular formula is C17H19ClN2O4. The number of hydrogen-bond donors (Lipinski definition) is 2. The van der Waals surface area contributed by atoms with Gasteiger partial charge >= 0.3 is 5.97 Å². The number of carbonyl (C=O) groups is 2. The highest BCUT2D eigenvalue weighted by Crippen LogP contribution is 2.28. The second kappa shape index (κ2) is 7.49. The highest BCUT2D eigenvalue weighted by atomic mass is 35.5. The van der Waals surface area contributed by atoms with Gasteiger partial charge in [0.25, 0.3) is 0 Å². The molecule has 7 heteroatoms. The summed E-state index contributed by atoms with van der Waals surface area (Å²) in [6, 6.07) is 7.26. The van der Waals surface area contributed by atoms with Crippen LogP contribution in [0.15, 0.2) is 34.9 Å². The van der Waals surface area contributed by atoms with Gasteiger partial charge in [-0.3, -0.25) is 9.59 Å². The maximum Gasteiger partial charge on any atom is 0.310 e. The van der Waals surface area contributed by atoms with Crippen LogP contribution < -0.4 is 5.32 Å². The number of carboxylic acid groups (broad SMARTS) is 1. The van der Waals surface area contributed by atoms with Crippen LogP contribution in [0.5, 0.6) is 0 Å². The third-order valence-electron chi connectivity index (χ3n) is 3.57. The van der Waals surface area contributed by atoms with E-state index in [2.05, 4.69) is 10.3 Å². The number of benzene rings is 1. The molecule has 128 valence electrons. The summed E-state index contributed by atoms with van der Waals surface area (Å²) in [5, 5.41) is 12.2. The molecule has 2 N–H and O–H groups in total.